The van der Waals surface area contributed by atoms with Gasteiger partial charge in [-0.15, -0.1) is 0 Å². The summed E-state index contributed by atoms with van der Waals surface area (Å²) in [5.74, 6) is -0.199. The molecule has 0 aliphatic carbocycles. The van der Waals surface area contributed by atoms with Crippen LogP contribution in [0.15, 0.2) is 42.5 Å². The van der Waals surface area contributed by atoms with Gasteiger partial charge in [0.1, 0.15) is 0 Å². The first-order chi connectivity index (χ1) is 12.5. The van der Waals surface area contributed by atoms with Crippen molar-refractivity contribution >= 4 is 34.6 Å². The number of hydrogen-bond acceptors (Lipinski definition) is 3. The van der Waals surface area contributed by atoms with Gasteiger partial charge >= 0.3 is 0 Å². The molecule has 0 bridgehead atoms. The predicted octanol–water partition coefficient (Wildman–Crippen LogP) is 4.42. The van der Waals surface area contributed by atoms with Crippen LogP contribution in [0.5, 0.6) is 0 Å². The zero-order valence-corrected chi connectivity index (χ0v) is 16.2. The number of carbonyl (C=O) groups is 1. The summed E-state index contributed by atoms with van der Waals surface area (Å²) in [5, 5.41) is 6.12. The number of anilines is 2. The van der Waals surface area contributed by atoms with Crippen molar-refractivity contribution in [1.82, 2.24) is 5.32 Å². The van der Waals surface area contributed by atoms with E-state index in [1.807, 2.05) is 44.2 Å². The van der Waals surface area contributed by atoms with E-state index < -0.39 is 0 Å². The van der Waals surface area contributed by atoms with E-state index >= 15 is 0 Å². The molecule has 0 atom stereocenters. The molecule has 0 saturated carbocycles. The predicted molar refractivity (Wildman–Crippen MR) is 112 cm³/mol. The van der Waals surface area contributed by atoms with Crippen molar-refractivity contribution in [1.29, 1.82) is 0 Å². The van der Waals surface area contributed by atoms with Gasteiger partial charge < -0.3 is 10.2 Å². The van der Waals surface area contributed by atoms with Crippen molar-refractivity contribution in [3.63, 3.8) is 0 Å². The lowest BCUT2D eigenvalue weighted by Gasteiger charge is -2.28. The number of aryl methyl sites for hydroxylation is 2. The quantitative estimate of drug-likeness (QED) is 0.788. The third-order valence-corrected chi connectivity index (χ3v) is 5.05. The number of carbonyl (C=O) groups excluding carboxylic acids is 1. The smallest absolute Gasteiger partial charge is 0.257 e. The van der Waals surface area contributed by atoms with Gasteiger partial charge in [0, 0.05) is 30.0 Å². The normalized spacial score (nSPS) is 14.0. The van der Waals surface area contributed by atoms with E-state index in [4.69, 9.17) is 12.2 Å². The van der Waals surface area contributed by atoms with Crippen LogP contribution in [0.4, 0.5) is 11.4 Å². The van der Waals surface area contributed by atoms with Crippen LogP contribution in [0.25, 0.3) is 0 Å². The molecule has 1 aliphatic rings. The van der Waals surface area contributed by atoms with Gasteiger partial charge in [-0.05, 0) is 92.9 Å². The van der Waals surface area contributed by atoms with E-state index in [0.717, 1.165) is 29.9 Å². The van der Waals surface area contributed by atoms with E-state index in [2.05, 4.69) is 27.7 Å². The lowest BCUT2D eigenvalue weighted by molar-refractivity contribution is 0.0977. The summed E-state index contributed by atoms with van der Waals surface area (Å²) in [6.45, 7) is 6.26. The van der Waals surface area contributed by atoms with Crippen molar-refractivity contribution in [3.05, 3.63) is 59.2 Å². The molecule has 1 saturated heterocycles. The number of rotatable bonds is 3. The average Bonchev–Trinajstić information content (AvgIpc) is 2.65. The molecule has 1 amide bonds. The second-order valence-electron chi connectivity index (χ2n) is 6.80. The van der Waals surface area contributed by atoms with E-state index in [1.54, 1.807) is 0 Å². The SMILES string of the molecule is Cc1ccc(C(=O)NC(=S)Nc2ccc(N3CCCCC3)cc2)cc1C. The summed E-state index contributed by atoms with van der Waals surface area (Å²) in [7, 11) is 0. The molecule has 0 unspecified atom stereocenters. The summed E-state index contributed by atoms with van der Waals surface area (Å²) in [6, 6.07) is 13.8. The molecule has 0 aromatic heterocycles. The molecular formula is C21H25N3OS. The number of nitrogens with one attached hydrogen (secondary N) is 2. The first-order valence-corrected chi connectivity index (χ1v) is 9.48. The van der Waals surface area contributed by atoms with Gasteiger partial charge in [-0.2, -0.15) is 0 Å². The van der Waals surface area contributed by atoms with Gasteiger partial charge in [0.2, 0.25) is 0 Å². The van der Waals surface area contributed by atoms with Crippen molar-refractivity contribution in [2.24, 2.45) is 0 Å². The third-order valence-electron chi connectivity index (χ3n) is 4.84. The van der Waals surface area contributed by atoms with Crippen LogP contribution in [0, 0.1) is 13.8 Å². The Morgan fingerprint density at radius 2 is 1.65 bits per heavy atom. The molecule has 0 spiro atoms. The summed E-state index contributed by atoms with van der Waals surface area (Å²) in [6.07, 6.45) is 3.84. The van der Waals surface area contributed by atoms with Gasteiger partial charge in [0.25, 0.3) is 5.91 Å². The minimum Gasteiger partial charge on any atom is -0.372 e. The molecule has 1 aliphatic heterocycles. The monoisotopic (exact) mass is 367 g/mol. The van der Waals surface area contributed by atoms with Gasteiger partial charge in [-0.3, -0.25) is 10.1 Å². The van der Waals surface area contributed by atoms with Gasteiger partial charge in [-0.25, -0.2) is 0 Å². The van der Waals surface area contributed by atoms with Crippen LogP contribution >= 0.6 is 12.2 Å². The zero-order chi connectivity index (χ0) is 18.5. The van der Waals surface area contributed by atoms with E-state index in [-0.39, 0.29) is 5.91 Å². The van der Waals surface area contributed by atoms with Crippen molar-refractivity contribution in [2.75, 3.05) is 23.3 Å². The molecule has 3 rings (SSSR count). The standard InChI is InChI=1S/C21H25N3OS/c1-15-6-7-17(14-16(15)2)20(25)23-21(26)22-18-8-10-19(11-9-18)24-12-4-3-5-13-24/h6-11,14H,3-5,12-13H2,1-2H3,(H2,22,23,25,26). The fourth-order valence-electron chi connectivity index (χ4n) is 3.13. The molecule has 5 heteroatoms. The molecule has 26 heavy (non-hydrogen) atoms. The minimum atomic E-state index is -0.199. The molecule has 2 aromatic rings. The lowest BCUT2D eigenvalue weighted by Crippen LogP contribution is -2.34. The molecule has 2 aromatic carbocycles. The Labute approximate surface area is 160 Å². The maximum absolute atomic E-state index is 12.3. The molecule has 136 valence electrons. The maximum Gasteiger partial charge on any atom is 0.257 e. The molecule has 2 N–H and O–H groups in total. The number of benzene rings is 2. The number of thiocarbonyl (C=S) groups is 1. The average molecular weight is 368 g/mol. The first kappa shape index (κ1) is 18.4. The summed E-state index contributed by atoms with van der Waals surface area (Å²) in [5.41, 5.74) is 4.97. The van der Waals surface area contributed by atoms with Gasteiger partial charge in [0.05, 0.1) is 0 Å². The summed E-state index contributed by atoms with van der Waals surface area (Å²) < 4.78 is 0. The van der Waals surface area contributed by atoms with E-state index in [0.29, 0.717) is 10.7 Å². The molecule has 1 heterocycles. The number of piperidine rings is 1. The van der Waals surface area contributed by atoms with Crippen LogP contribution in [0.3, 0.4) is 0 Å². The fraction of sp³-hybridized carbons (Fsp3) is 0.333. The van der Waals surface area contributed by atoms with Crippen molar-refractivity contribution < 1.29 is 4.79 Å². The van der Waals surface area contributed by atoms with Gasteiger partial charge in [0.15, 0.2) is 5.11 Å². The Morgan fingerprint density at radius 3 is 2.31 bits per heavy atom. The largest absolute Gasteiger partial charge is 0.372 e. The summed E-state index contributed by atoms with van der Waals surface area (Å²) >= 11 is 5.28. The Morgan fingerprint density at radius 1 is 0.962 bits per heavy atom. The lowest BCUT2D eigenvalue weighted by atomic mass is 10.1. The molecule has 1 fully saturated rings. The highest BCUT2D eigenvalue weighted by Gasteiger charge is 2.11. The zero-order valence-electron chi connectivity index (χ0n) is 15.3. The van der Waals surface area contributed by atoms with Crippen LogP contribution in [0.1, 0.15) is 40.7 Å². The first-order valence-electron chi connectivity index (χ1n) is 9.07. The van der Waals surface area contributed by atoms with Crippen LogP contribution in [-0.2, 0) is 0 Å². The Bertz CT molecular complexity index is 795. The second kappa shape index (κ2) is 8.32. The highest BCUT2D eigenvalue weighted by atomic mass is 32.1. The molecular weight excluding hydrogens is 342 g/mol. The van der Waals surface area contributed by atoms with Crippen molar-refractivity contribution in [3.8, 4) is 0 Å². The Balaban J connectivity index is 1.57. The fourth-order valence-corrected chi connectivity index (χ4v) is 3.34. The molecule has 0 radical (unpaired) electrons. The highest BCUT2D eigenvalue weighted by Crippen LogP contribution is 2.21. The maximum atomic E-state index is 12.3. The van der Waals surface area contributed by atoms with Crippen LogP contribution in [-0.4, -0.2) is 24.1 Å². The van der Waals surface area contributed by atoms with Gasteiger partial charge in [-0.1, -0.05) is 6.07 Å². The van der Waals surface area contributed by atoms with E-state index in [9.17, 15) is 4.79 Å². The van der Waals surface area contributed by atoms with Crippen LogP contribution < -0.4 is 15.5 Å². The number of nitrogens with zero attached hydrogens (tertiary/aromatic N) is 1. The highest BCUT2D eigenvalue weighted by molar-refractivity contribution is 7.80. The summed E-state index contributed by atoms with van der Waals surface area (Å²) in [4.78, 5) is 14.7. The van der Waals surface area contributed by atoms with Crippen molar-refractivity contribution in [2.45, 2.75) is 33.1 Å². The second-order valence-corrected chi connectivity index (χ2v) is 7.21. The minimum absolute atomic E-state index is 0.199. The Hall–Kier alpha value is -2.40. The van der Waals surface area contributed by atoms with E-state index in [1.165, 1.54) is 24.9 Å². The number of hydrogen-bond donors (Lipinski definition) is 2. The van der Waals surface area contributed by atoms with Crippen LogP contribution in [0.2, 0.25) is 0 Å². The number of amides is 1. The third kappa shape index (κ3) is 4.61. The Kier molecular flexibility index (Phi) is 5.89. The molecule has 4 nitrogen and oxygen atoms in total. The topological polar surface area (TPSA) is 44.4 Å².